The third kappa shape index (κ3) is 2.94. The third-order valence-electron chi connectivity index (χ3n) is 3.06. The Kier molecular flexibility index (Phi) is 3.77. The fourth-order valence-corrected chi connectivity index (χ4v) is 2.03. The minimum atomic E-state index is -4.40. The smallest absolute Gasteiger partial charge is 0.369 e. The normalized spacial score (nSPS) is 18.8. The van der Waals surface area contributed by atoms with Crippen molar-refractivity contribution in [1.29, 1.82) is 0 Å². The molecule has 0 aliphatic carbocycles. The lowest BCUT2D eigenvalue weighted by Crippen LogP contribution is -2.43. The van der Waals surface area contributed by atoms with Crippen LogP contribution in [-0.2, 0) is 0 Å². The molecule has 0 saturated carbocycles. The Balaban J connectivity index is 2.19. The van der Waals surface area contributed by atoms with Crippen molar-refractivity contribution in [2.75, 3.05) is 31.1 Å². The first-order valence-electron chi connectivity index (χ1n) is 5.86. The summed E-state index contributed by atoms with van der Waals surface area (Å²) in [7, 11) is 0. The topological polar surface area (TPSA) is 41.3 Å². The minimum absolute atomic E-state index is 0.110. The maximum Gasteiger partial charge on any atom is 0.407 e. The van der Waals surface area contributed by atoms with Gasteiger partial charge in [0.15, 0.2) is 0 Å². The van der Waals surface area contributed by atoms with Crippen LogP contribution in [0.4, 0.5) is 18.9 Å². The van der Waals surface area contributed by atoms with Gasteiger partial charge in [-0.3, -0.25) is 0 Å². The highest BCUT2D eigenvalue weighted by atomic mass is 19.4. The molecule has 3 N–H and O–H groups in total. The van der Waals surface area contributed by atoms with E-state index in [2.05, 4.69) is 10.2 Å². The Morgan fingerprint density at radius 2 is 1.89 bits per heavy atom. The van der Waals surface area contributed by atoms with Crippen molar-refractivity contribution in [2.45, 2.75) is 12.2 Å². The summed E-state index contributed by atoms with van der Waals surface area (Å²) in [5.74, 6) is 0. The number of rotatable bonds is 2. The van der Waals surface area contributed by atoms with Crippen LogP contribution >= 0.6 is 0 Å². The first kappa shape index (κ1) is 13.2. The van der Waals surface area contributed by atoms with Crippen LogP contribution in [-0.4, -0.2) is 32.4 Å². The minimum Gasteiger partial charge on any atom is -0.369 e. The zero-order valence-electron chi connectivity index (χ0n) is 9.87. The average molecular weight is 259 g/mol. The summed E-state index contributed by atoms with van der Waals surface area (Å²) < 4.78 is 37.7. The molecule has 1 aliphatic rings. The van der Waals surface area contributed by atoms with Crippen molar-refractivity contribution in [1.82, 2.24) is 5.32 Å². The SMILES string of the molecule is N[C@@H](c1cccc(N2CCNCC2)c1)C(F)(F)F. The molecule has 0 unspecified atom stereocenters. The molecule has 1 saturated heterocycles. The molecule has 0 radical (unpaired) electrons. The molecule has 1 aromatic rings. The Labute approximate surface area is 104 Å². The molecule has 0 bridgehead atoms. The molecule has 1 heterocycles. The summed E-state index contributed by atoms with van der Waals surface area (Å²) in [6.45, 7) is 3.28. The lowest BCUT2D eigenvalue weighted by molar-refractivity contribution is -0.149. The number of benzene rings is 1. The fourth-order valence-electron chi connectivity index (χ4n) is 2.03. The van der Waals surface area contributed by atoms with Gasteiger partial charge in [0.2, 0.25) is 0 Å². The maximum absolute atomic E-state index is 12.6. The quantitative estimate of drug-likeness (QED) is 0.848. The van der Waals surface area contributed by atoms with Gasteiger partial charge in [0.05, 0.1) is 0 Å². The summed E-state index contributed by atoms with van der Waals surface area (Å²) in [5, 5.41) is 3.20. The molecule has 0 spiro atoms. The Hall–Kier alpha value is -1.27. The Morgan fingerprint density at radius 3 is 2.50 bits per heavy atom. The second-order valence-corrected chi connectivity index (χ2v) is 4.35. The standard InChI is InChI=1S/C12H16F3N3/c13-12(14,15)11(16)9-2-1-3-10(8-9)18-6-4-17-5-7-18/h1-3,8,11,17H,4-7,16H2/t11-/m0/s1. The van der Waals surface area contributed by atoms with Gasteiger partial charge >= 0.3 is 6.18 Å². The van der Waals surface area contributed by atoms with Crippen LogP contribution in [0.25, 0.3) is 0 Å². The molecule has 1 fully saturated rings. The summed E-state index contributed by atoms with van der Waals surface area (Å²) >= 11 is 0. The van der Waals surface area contributed by atoms with Gasteiger partial charge in [0.1, 0.15) is 6.04 Å². The van der Waals surface area contributed by atoms with Gasteiger partial charge in [0.25, 0.3) is 0 Å². The zero-order chi connectivity index (χ0) is 13.2. The van der Waals surface area contributed by atoms with Crippen molar-refractivity contribution >= 4 is 5.69 Å². The predicted molar refractivity (Wildman–Crippen MR) is 64.5 cm³/mol. The van der Waals surface area contributed by atoms with E-state index in [1.807, 2.05) is 6.07 Å². The van der Waals surface area contributed by atoms with Gasteiger partial charge in [-0.05, 0) is 17.7 Å². The lowest BCUT2D eigenvalue weighted by atomic mass is 10.1. The van der Waals surface area contributed by atoms with Crippen molar-refractivity contribution < 1.29 is 13.2 Å². The van der Waals surface area contributed by atoms with E-state index in [0.29, 0.717) is 0 Å². The van der Waals surface area contributed by atoms with E-state index in [-0.39, 0.29) is 5.56 Å². The van der Waals surface area contributed by atoms with Gasteiger partial charge in [0, 0.05) is 31.9 Å². The van der Waals surface area contributed by atoms with Crippen LogP contribution in [0.15, 0.2) is 24.3 Å². The zero-order valence-corrected chi connectivity index (χ0v) is 9.87. The second kappa shape index (κ2) is 5.16. The highest BCUT2D eigenvalue weighted by Crippen LogP contribution is 2.32. The molecule has 1 aromatic carbocycles. The molecular formula is C12H16F3N3. The molecule has 1 atom stereocenters. The number of anilines is 1. The first-order chi connectivity index (χ1) is 8.48. The maximum atomic E-state index is 12.6. The summed E-state index contributed by atoms with van der Waals surface area (Å²) in [4.78, 5) is 2.06. The van der Waals surface area contributed by atoms with Crippen LogP contribution in [0.2, 0.25) is 0 Å². The number of hydrogen-bond acceptors (Lipinski definition) is 3. The molecule has 0 amide bonds. The van der Waals surface area contributed by atoms with Crippen LogP contribution < -0.4 is 16.0 Å². The van der Waals surface area contributed by atoms with Gasteiger partial charge in [-0.15, -0.1) is 0 Å². The Morgan fingerprint density at radius 1 is 1.22 bits per heavy atom. The lowest BCUT2D eigenvalue weighted by Gasteiger charge is -2.30. The largest absolute Gasteiger partial charge is 0.407 e. The number of hydrogen-bond donors (Lipinski definition) is 2. The number of nitrogens with one attached hydrogen (secondary N) is 1. The van der Waals surface area contributed by atoms with Gasteiger partial charge in [-0.2, -0.15) is 13.2 Å². The van der Waals surface area contributed by atoms with Gasteiger partial charge < -0.3 is 16.0 Å². The van der Waals surface area contributed by atoms with Crippen LogP contribution in [0.5, 0.6) is 0 Å². The van der Waals surface area contributed by atoms with Crippen molar-refractivity contribution in [3.8, 4) is 0 Å². The number of piperazine rings is 1. The van der Waals surface area contributed by atoms with E-state index in [0.717, 1.165) is 31.9 Å². The number of alkyl halides is 3. The van der Waals surface area contributed by atoms with E-state index >= 15 is 0 Å². The highest BCUT2D eigenvalue weighted by molar-refractivity contribution is 5.49. The summed E-state index contributed by atoms with van der Waals surface area (Å²) in [6, 6.07) is 4.48. The molecule has 1 aliphatic heterocycles. The molecule has 6 heteroatoms. The van der Waals surface area contributed by atoms with E-state index < -0.39 is 12.2 Å². The predicted octanol–water partition coefficient (Wildman–Crippen LogP) is 1.66. The monoisotopic (exact) mass is 259 g/mol. The molecule has 18 heavy (non-hydrogen) atoms. The molecule has 0 aromatic heterocycles. The molecule has 3 nitrogen and oxygen atoms in total. The molecule has 100 valence electrons. The van der Waals surface area contributed by atoms with Crippen LogP contribution in [0.3, 0.4) is 0 Å². The number of nitrogens with zero attached hydrogens (tertiary/aromatic N) is 1. The van der Waals surface area contributed by atoms with E-state index in [1.165, 1.54) is 12.1 Å². The third-order valence-corrected chi connectivity index (χ3v) is 3.06. The summed E-state index contributed by atoms with van der Waals surface area (Å²) in [6.07, 6.45) is -4.40. The molecular weight excluding hydrogens is 243 g/mol. The first-order valence-corrected chi connectivity index (χ1v) is 5.86. The van der Waals surface area contributed by atoms with Crippen molar-refractivity contribution in [2.24, 2.45) is 5.73 Å². The fraction of sp³-hybridized carbons (Fsp3) is 0.500. The number of nitrogens with two attached hydrogens (primary N) is 1. The van der Waals surface area contributed by atoms with E-state index in [4.69, 9.17) is 5.73 Å². The van der Waals surface area contributed by atoms with Gasteiger partial charge in [-0.1, -0.05) is 12.1 Å². The van der Waals surface area contributed by atoms with Crippen LogP contribution in [0.1, 0.15) is 11.6 Å². The van der Waals surface area contributed by atoms with E-state index in [1.54, 1.807) is 6.07 Å². The van der Waals surface area contributed by atoms with Crippen LogP contribution in [0, 0.1) is 0 Å². The second-order valence-electron chi connectivity index (χ2n) is 4.35. The Bertz CT molecular complexity index is 400. The summed E-state index contributed by atoms with van der Waals surface area (Å²) in [5.41, 5.74) is 6.12. The van der Waals surface area contributed by atoms with E-state index in [9.17, 15) is 13.2 Å². The average Bonchev–Trinajstić information content (AvgIpc) is 2.38. The van der Waals surface area contributed by atoms with Crippen molar-refractivity contribution in [3.05, 3.63) is 29.8 Å². The highest BCUT2D eigenvalue weighted by Gasteiger charge is 2.37. The molecule has 2 rings (SSSR count). The number of halogens is 3. The van der Waals surface area contributed by atoms with Gasteiger partial charge in [-0.25, -0.2) is 0 Å². The van der Waals surface area contributed by atoms with Crippen molar-refractivity contribution in [3.63, 3.8) is 0 Å².